The van der Waals surface area contributed by atoms with Gasteiger partial charge in [-0.05, 0) is 12.8 Å². The maximum absolute atomic E-state index is 11.7. The summed E-state index contributed by atoms with van der Waals surface area (Å²) in [5, 5.41) is 2.62. The molecule has 1 saturated carbocycles. The minimum absolute atomic E-state index is 0.00356. The van der Waals surface area contributed by atoms with Gasteiger partial charge in [-0.1, -0.05) is 12.8 Å². The van der Waals surface area contributed by atoms with Gasteiger partial charge in [0.05, 0.1) is 5.92 Å². The first-order chi connectivity index (χ1) is 7.22. The van der Waals surface area contributed by atoms with Crippen LogP contribution >= 0.6 is 0 Å². The molecule has 2 rings (SSSR count). The average molecular weight is 210 g/mol. The molecule has 1 aliphatic carbocycles. The summed E-state index contributed by atoms with van der Waals surface area (Å²) in [7, 11) is 1.63. The van der Waals surface area contributed by atoms with Crippen LogP contribution in [0.1, 0.15) is 32.1 Å². The molecule has 15 heavy (non-hydrogen) atoms. The largest absolute Gasteiger partial charge is 0.359 e. The zero-order valence-corrected chi connectivity index (χ0v) is 9.16. The third kappa shape index (κ3) is 1.98. The topological polar surface area (TPSA) is 49.4 Å². The fourth-order valence-corrected chi connectivity index (χ4v) is 2.68. The number of nitrogens with one attached hydrogen (secondary N) is 1. The van der Waals surface area contributed by atoms with Crippen molar-refractivity contribution in [3.8, 4) is 0 Å². The maximum atomic E-state index is 11.7. The van der Waals surface area contributed by atoms with Crippen molar-refractivity contribution in [2.24, 2.45) is 5.92 Å². The van der Waals surface area contributed by atoms with Crippen molar-refractivity contribution in [2.75, 3.05) is 13.6 Å². The summed E-state index contributed by atoms with van der Waals surface area (Å²) in [6.45, 7) is 0.628. The lowest BCUT2D eigenvalue weighted by Crippen LogP contribution is -2.36. The van der Waals surface area contributed by atoms with Crippen LogP contribution in [0.15, 0.2) is 0 Å². The van der Waals surface area contributed by atoms with Gasteiger partial charge in [0.1, 0.15) is 0 Å². The van der Waals surface area contributed by atoms with Gasteiger partial charge in [0.25, 0.3) is 0 Å². The zero-order valence-electron chi connectivity index (χ0n) is 9.16. The quantitative estimate of drug-likeness (QED) is 0.722. The van der Waals surface area contributed by atoms with E-state index in [0.29, 0.717) is 19.0 Å². The summed E-state index contributed by atoms with van der Waals surface area (Å²) in [4.78, 5) is 25.1. The Hall–Kier alpha value is -1.06. The van der Waals surface area contributed by atoms with E-state index in [1.54, 1.807) is 7.05 Å². The lowest BCUT2D eigenvalue weighted by Gasteiger charge is -2.23. The van der Waals surface area contributed by atoms with E-state index in [-0.39, 0.29) is 17.7 Å². The summed E-state index contributed by atoms with van der Waals surface area (Å²) in [6, 6.07) is 0.409. The van der Waals surface area contributed by atoms with Crippen LogP contribution in [0.2, 0.25) is 0 Å². The minimum atomic E-state index is -0.122. The summed E-state index contributed by atoms with van der Waals surface area (Å²) >= 11 is 0. The molecule has 0 unspecified atom stereocenters. The summed E-state index contributed by atoms with van der Waals surface area (Å²) in [5.74, 6) is 0.0439. The van der Waals surface area contributed by atoms with Crippen molar-refractivity contribution < 1.29 is 9.59 Å². The number of nitrogens with zero attached hydrogens (tertiary/aromatic N) is 1. The number of carbonyl (C=O) groups excluding carboxylic acids is 2. The first-order valence-electron chi connectivity index (χ1n) is 5.73. The highest BCUT2D eigenvalue weighted by molar-refractivity contribution is 5.89. The standard InChI is InChI=1S/C11H18N2O2/c1-12-11(15)8-6-10(14)13(7-8)9-4-2-3-5-9/h8-9H,2-7H2,1H3,(H,12,15)/t8-/m0/s1. The Labute approximate surface area is 90.0 Å². The van der Waals surface area contributed by atoms with E-state index in [1.165, 1.54) is 12.8 Å². The minimum Gasteiger partial charge on any atom is -0.359 e. The predicted molar refractivity (Wildman–Crippen MR) is 56.1 cm³/mol. The highest BCUT2D eigenvalue weighted by Crippen LogP contribution is 2.29. The second kappa shape index (κ2) is 4.21. The fourth-order valence-electron chi connectivity index (χ4n) is 2.68. The number of hydrogen-bond acceptors (Lipinski definition) is 2. The second-order valence-corrected chi connectivity index (χ2v) is 4.50. The molecular formula is C11H18N2O2. The maximum Gasteiger partial charge on any atom is 0.225 e. The van der Waals surface area contributed by atoms with Crippen LogP contribution in [0, 0.1) is 5.92 Å². The number of amides is 2. The average Bonchev–Trinajstić information content (AvgIpc) is 2.84. The summed E-state index contributed by atoms with van der Waals surface area (Å²) in [5.41, 5.74) is 0. The van der Waals surface area contributed by atoms with Gasteiger partial charge in [-0.3, -0.25) is 9.59 Å². The molecule has 4 heteroatoms. The lowest BCUT2D eigenvalue weighted by atomic mass is 10.1. The predicted octanol–water partition coefficient (Wildman–Crippen LogP) is 0.523. The van der Waals surface area contributed by atoms with E-state index < -0.39 is 0 Å². The van der Waals surface area contributed by atoms with Crippen LogP contribution in [0.5, 0.6) is 0 Å². The molecule has 4 nitrogen and oxygen atoms in total. The molecule has 1 heterocycles. The van der Waals surface area contributed by atoms with Gasteiger partial charge in [0, 0.05) is 26.1 Å². The second-order valence-electron chi connectivity index (χ2n) is 4.50. The zero-order chi connectivity index (χ0) is 10.8. The molecule has 0 bridgehead atoms. The van der Waals surface area contributed by atoms with Crippen LogP contribution in [0.25, 0.3) is 0 Å². The molecule has 1 N–H and O–H groups in total. The van der Waals surface area contributed by atoms with Gasteiger partial charge in [-0.15, -0.1) is 0 Å². The molecule has 0 spiro atoms. The Balaban J connectivity index is 1.97. The van der Waals surface area contributed by atoms with E-state index in [2.05, 4.69) is 5.32 Å². The summed E-state index contributed by atoms with van der Waals surface area (Å²) < 4.78 is 0. The number of hydrogen-bond donors (Lipinski definition) is 1. The van der Waals surface area contributed by atoms with Crippen LogP contribution in [-0.4, -0.2) is 36.3 Å². The number of carbonyl (C=O) groups is 2. The molecule has 1 atom stereocenters. The molecule has 1 saturated heterocycles. The van der Waals surface area contributed by atoms with Crippen LogP contribution in [0.3, 0.4) is 0 Å². The van der Waals surface area contributed by atoms with Gasteiger partial charge in [-0.25, -0.2) is 0 Å². The Morgan fingerprint density at radius 2 is 2.07 bits per heavy atom. The molecule has 0 aromatic rings. The fraction of sp³-hybridized carbons (Fsp3) is 0.818. The van der Waals surface area contributed by atoms with E-state index in [0.717, 1.165) is 12.8 Å². The van der Waals surface area contributed by atoms with Gasteiger partial charge in [0.15, 0.2) is 0 Å². The Morgan fingerprint density at radius 1 is 1.40 bits per heavy atom. The van der Waals surface area contributed by atoms with E-state index in [9.17, 15) is 9.59 Å². The van der Waals surface area contributed by atoms with Crippen LogP contribution in [-0.2, 0) is 9.59 Å². The highest BCUT2D eigenvalue weighted by Gasteiger charge is 2.38. The molecule has 84 valence electrons. The lowest BCUT2D eigenvalue weighted by molar-refractivity contribution is -0.130. The van der Waals surface area contributed by atoms with Crippen molar-refractivity contribution in [2.45, 2.75) is 38.1 Å². The molecule has 0 aromatic carbocycles. The molecule has 1 aliphatic heterocycles. The molecular weight excluding hydrogens is 192 g/mol. The van der Waals surface area contributed by atoms with Crippen LogP contribution in [0.4, 0.5) is 0 Å². The van der Waals surface area contributed by atoms with Crippen LogP contribution < -0.4 is 5.32 Å². The first-order valence-corrected chi connectivity index (χ1v) is 5.73. The molecule has 0 aromatic heterocycles. The number of rotatable bonds is 2. The van der Waals surface area contributed by atoms with Crippen molar-refractivity contribution in [1.82, 2.24) is 10.2 Å². The smallest absolute Gasteiger partial charge is 0.225 e. The van der Waals surface area contributed by atoms with Gasteiger partial charge < -0.3 is 10.2 Å². The van der Waals surface area contributed by atoms with Crippen molar-refractivity contribution in [1.29, 1.82) is 0 Å². The van der Waals surface area contributed by atoms with Gasteiger partial charge in [0.2, 0.25) is 11.8 Å². The van der Waals surface area contributed by atoms with Gasteiger partial charge >= 0.3 is 0 Å². The molecule has 2 aliphatic rings. The van der Waals surface area contributed by atoms with E-state index >= 15 is 0 Å². The third-order valence-electron chi connectivity index (χ3n) is 3.54. The van der Waals surface area contributed by atoms with Crippen molar-refractivity contribution in [3.05, 3.63) is 0 Å². The first kappa shape index (κ1) is 10.5. The molecule has 2 fully saturated rings. The Kier molecular flexibility index (Phi) is 2.93. The monoisotopic (exact) mass is 210 g/mol. The summed E-state index contributed by atoms with van der Waals surface area (Å²) in [6.07, 6.45) is 5.08. The number of likely N-dealkylation sites (tertiary alicyclic amines) is 1. The SMILES string of the molecule is CNC(=O)[C@H]1CC(=O)N(C2CCCC2)C1. The van der Waals surface area contributed by atoms with E-state index in [4.69, 9.17) is 0 Å². The normalized spacial score (nSPS) is 27.4. The Morgan fingerprint density at radius 3 is 2.67 bits per heavy atom. The van der Waals surface area contributed by atoms with Gasteiger partial charge in [-0.2, -0.15) is 0 Å². The molecule has 0 radical (unpaired) electrons. The van der Waals surface area contributed by atoms with Crippen molar-refractivity contribution in [3.63, 3.8) is 0 Å². The van der Waals surface area contributed by atoms with E-state index in [1.807, 2.05) is 4.90 Å². The van der Waals surface area contributed by atoms with Crippen molar-refractivity contribution >= 4 is 11.8 Å². The Bertz CT molecular complexity index is 272. The molecule has 2 amide bonds. The highest BCUT2D eigenvalue weighted by atomic mass is 16.2. The third-order valence-corrected chi connectivity index (χ3v) is 3.54.